The quantitative estimate of drug-likeness (QED) is 0.860. The average molecular weight is 320 g/mol. The summed E-state index contributed by atoms with van der Waals surface area (Å²) in [7, 11) is 1.69. The molecule has 1 N–H and O–H groups in total. The van der Waals surface area contributed by atoms with E-state index in [4.69, 9.17) is 4.74 Å². The lowest BCUT2D eigenvalue weighted by atomic mass is 9.98. The maximum atomic E-state index is 14.1. The van der Waals surface area contributed by atoms with Gasteiger partial charge < -0.3 is 10.1 Å². The molecule has 100 valence electrons. The predicted octanol–water partition coefficient (Wildman–Crippen LogP) is 3.56. The molecule has 5 heteroatoms. The standard InChI is InChI=1S/C13H16BrF2NO/c1-7-3-6-10(18-7)13(17-2)11-9(15)5-4-8(14)12(11)16/h4-5,7,10,13,17H,3,6H2,1-2H3. The van der Waals surface area contributed by atoms with Crippen LogP contribution in [0.25, 0.3) is 0 Å². The highest BCUT2D eigenvalue weighted by Crippen LogP contribution is 2.34. The summed E-state index contributed by atoms with van der Waals surface area (Å²) in [5, 5.41) is 2.96. The van der Waals surface area contributed by atoms with E-state index in [1.165, 1.54) is 12.1 Å². The Morgan fingerprint density at radius 3 is 2.67 bits per heavy atom. The first kappa shape index (κ1) is 13.9. The first-order valence-electron chi connectivity index (χ1n) is 6.00. The Kier molecular flexibility index (Phi) is 4.35. The third kappa shape index (κ3) is 2.58. The van der Waals surface area contributed by atoms with Gasteiger partial charge in [0.05, 0.1) is 22.7 Å². The molecule has 18 heavy (non-hydrogen) atoms. The minimum absolute atomic E-state index is 0.0472. The number of likely N-dealkylation sites (N-methyl/N-ethyl adjacent to an activating group) is 1. The molecular formula is C13H16BrF2NO. The van der Waals surface area contributed by atoms with E-state index in [1.807, 2.05) is 6.92 Å². The van der Waals surface area contributed by atoms with Crippen molar-refractivity contribution < 1.29 is 13.5 Å². The predicted molar refractivity (Wildman–Crippen MR) is 69.4 cm³/mol. The zero-order valence-electron chi connectivity index (χ0n) is 10.3. The van der Waals surface area contributed by atoms with Crippen LogP contribution in [0, 0.1) is 11.6 Å². The van der Waals surface area contributed by atoms with E-state index in [2.05, 4.69) is 21.2 Å². The van der Waals surface area contributed by atoms with Crippen LogP contribution < -0.4 is 5.32 Å². The van der Waals surface area contributed by atoms with Crippen LogP contribution in [-0.2, 0) is 4.74 Å². The largest absolute Gasteiger partial charge is 0.373 e. The summed E-state index contributed by atoms with van der Waals surface area (Å²) >= 11 is 3.09. The van der Waals surface area contributed by atoms with Gasteiger partial charge >= 0.3 is 0 Å². The molecule has 1 aromatic rings. The van der Waals surface area contributed by atoms with E-state index < -0.39 is 17.7 Å². The zero-order valence-corrected chi connectivity index (χ0v) is 11.9. The highest BCUT2D eigenvalue weighted by atomic mass is 79.9. The summed E-state index contributed by atoms with van der Waals surface area (Å²) in [5.41, 5.74) is 0.0472. The van der Waals surface area contributed by atoms with E-state index in [0.29, 0.717) is 0 Å². The summed E-state index contributed by atoms with van der Waals surface area (Å²) < 4.78 is 33.9. The number of hydrogen-bond acceptors (Lipinski definition) is 2. The Morgan fingerprint density at radius 2 is 2.11 bits per heavy atom. The summed E-state index contributed by atoms with van der Waals surface area (Å²) in [6.07, 6.45) is 1.67. The lowest BCUT2D eigenvalue weighted by Crippen LogP contribution is -2.31. The van der Waals surface area contributed by atoms with Gasteiger partial charge in [0.25, 0.3) is 0 Å². The molecule has 0 aliphatic carbocycles. The molecule has 1 heterocycles. The minimum Gasteiger partial charge on any atom is -0.373 e. The van der Waals surface area contributed by atoms with Crippen molar-refractivity contribution in [2.24, 2.45) is 0 Å². The molecule has 0 bridgehead atoms. The van der Waals surface area contributed by atoms with Gasteiger partial charge in [-0.15, -0.1) is 0 Å². The van der Waals surface area contributed by atoms with E-state index in [1.54, 1.807) is 7.05 Å². The molecule has 1 saturated heterocycles. The fourth-order valence-electron chi connectivity index (χ4n) is 2.42. The van der Waals surface area contributed by atoms with Gasteiger partial charge in [0.1, 0.15) is 11.6 Å². The second-order valence-corrected chi connectivity index (χ2v) is 5.44. The SMILES string of the molecule is CNC(c1c(F)ccc(Br)c1F)C1CCC(C)O1. The van der Waals surface area contributed by atoms with Gasteiger partial charge in [-0.05, 0) is 54.9 Å². The van der Waals surface area contributed by atoms with Crippen molar-refractivity contribution in [2.75, 3.05) is 7.05 Å². The topological polar surface area (TPSA) is 21.3 Å². The van der Waals surface area contributed by atoms with Crippen molar-refractivity contribution in [2.45, 2.75) is 38.0 Å². The van der Waals surface area contributed by atoms with E-state index in [9.17, 15) is 8.78 Å². The lowest BCUT2D eigenvalue weighted by molar-refractivity contribution is 0.0317. The van der Waals surface area contributed by atoms with Gasteiger partial charge in [0.15, 0.2) is 0 Å². The molecule has 3 atom stereocenters. The summed E-state index contributed by atoms with van der Waals surface area (Å²) in [6.45, 7) is 1.97. The Labute approximate surface area is 114 Å². The fourth-order valence-corrected chi connectivity index (χ4v) is 2.77. The first-order chi connectivity index (χ1) is 8.54. The Balaban J connectivity index is 2.36. The smallest absolute Gasteiger partial charge is 0.145 e. The summed E-state index contributed by atoms with van der Waals surface area (Å²) in [5.74, 6) is -1.10. The lowest BCUT2D eigenvalue weighted by Gasteiger charge is -2.24. The number of halogens is 3. The highest BCUT2D eigenvalue weighted by Gasteiger charge is 2.33. The summed E-state index contributed by atoms with van der Waals surface area (Å²) in [6, 6.07) is 2.18. The monoisotopic (exact) mass is 319 g/mol. The molecule has 3 unspecified atom stereocenters. The molecule has 1 aliphatic heterocycles. The third-order valence-electron chi connectivity index (χ3n) is 3.34. The minimum atomic E-state index is -0.558. The molecule has 0 saturated carbocycles. The van der Waals surface area contributed by atoms with Gasteiger partial charge in [0.2, 0.25) is 0 Å². The fraction of sp³-hybridized carbons (Fsp3) is 0.538. The zero-order chi connectivity index (χ0) is 13.3. The van der Waals surface area contributed by atoms with Gasteiger partial charge in [-0.25, -0.2) is 8.78 Å². The molecule has 1 aliphatic rings. The van der Waals surface area contributed by atoms with Crippen LogP contribution in [0.15, 0.2) is 16.6 Å². The van der Waals surface area contributed by atoms with Gasteiger partial charge in [-0.2, -0.15) is 0 Å². The van der Waals surface area contributed by atoms with Crippen molar-refractivity contribution in [1.29, 1.82) is 0 Å². The molecule has 0 amide bonds. The third-order valence-corrected chi connectivity index (χ3v) is 3.95. The number of ether oxygens (including phenoxy) is 1. The van der Waals surface area contributed by atoms with Gasteiger partial charge in [-0.1, -0.05) is 0 Å². The van der Waals surface area contributed by atoms with E-state index in [0.717, 1.165) is 12.8 Å². The number of benzene rings is 1. The molecule has 2 nitrogen and oxygen atoms in total. The summed E-state index contributed by atoms with van der Waals surface area (Å²) in [4.78, 5) is 0. The Morgan fingerprint density at radius 1 is 1.39 bits per heavy atom. The molecule has 1 aromatic carbocycles. The van der Waals surface area contributed by atoms with Gasteiger partial charge in [-0.3, -0.25) is 0 Å². The number of rotatable bonds is 3. The molecule has 1 fully saturated rings. The second kappa shape index (κ2) is 5.63. The maximum Gasteiger partial charge on any atom is 0.145 e. The molecule has 2 rings (SSSR count). The van der Waals surface area contributed by atoms with Crippen molar-refractivity contribution in [1.82, 2.24) is 5.32 Å². The van der Waals surface area contributed by atoms with Crippen LogP contribution in [-0.4, -0.2) is 19.3 Å². The molecule has 0 radical (unpaired) electrons. The van der Waals surface area contributed by atoms with Crippen molar-refractivity contribution >= 4 is 15.9 Å². The van der Waals surface area contributed by atoms with Crippen LogP contribution in [0.4, 0.5) is 8.78 Å². The van der Waals surface area contributed by atoms with E-state index >= 15 is 0 Å². The van der Waals surface area contributed by atoms with Crippen molar-refractivity contribution in [3.63, 3.8) is 0 Å². The maximum absolute atomic E-state index is 14.1. The van der Waals surface area contributed by atoms with Crippen LogP contribution in [0.5, 0.6) is 0 Å². The van der Waals surface area contributed by atoms with Crippen molar-refractivity contribution in [3.05, 3.63) is 33.8 Å². The van der Waals surface area contributed by atoms with Crippen LogP contribution in [0.3, 0.4) is 0 Å². The average Bonchev–Trinajstić information content (AvgIpc) is 2.76. The van der Waals surface area contributed by atoms with Crippen LogP contribution in [0.2, 0.25) is 0 Å². The normalized spacial score (nSPS) is 25.4. The second-order valence-electron chi connectivity index (χ2n) is 4.59. The number of hydrogen-bond donors (Lipinski definition) is 1. The number of nitrogens with one attached hydrogen (secondary N) is 1. The molecular weight excluding hydrogens is 304 g/mol. The van der Waals surface area contributed by atoms with Crippen LogP contribution >= 0.6 is 15.9 Å². The van der Waals surface area contributed by atoms with Crippen LogP contribution in [0.1, 0.15) is 31.4 Å². The Hall–Kier alpha value is -0.520. The highest BCUT2D eigenvalue weighted by molar-refractivity contribution is 9.10. The molecule has 0 aromatic heterocycles. The van der Waals surface area contributed by atoms with Gasteiger partial charge in [0, 0.05) is 5.56 Å². The molecule has 0 spiro atoms. The Bertz CT molecular complexity index is 441. The van der Waals surface area contributed by atoms with E-state index in [-0.39, 0.29) is 22.2 Å². The first-order valence-corrected chi connectivity index (χ1v) is 6.80. The van der Waals surface area contributed by atoms with Crippen molar-refractivity contribution in [3.8, 4) is 0 Å².